The van der Waals surface area contributed by atoms with Crippen molar-refractivity contribution in [1.29, 1.82) is 0 Å². The Hall–Kier alpha value is -2.34. The Balaban J connectivity index is 2.18. The quantitative estimate of drug-likeness (QED) is 0.789. The van der Waals surface area contributed by atoms with Gasteiger partial charge in [-0.15, -0.1) is 0 Å². The predicted octanol–water partition coefficient (Wildman–Crippen LogP) is 2.74. The van der Waals surface area contributed by atoms with Crippen LogP contribution in [0.15, 0.2) is 30.3 Å². The number of carboxylic acids is 1. The first-order valence-electron chi connectivity index (χ1n) is 6.73. The average molecular weight is 322 g/mol. The van der Waals surface area contributed by atoms with Gasteiger partial charge in [-0.25, -0.2) is 4.79 Å². The van der Waals surface area contributed by atoms with E-state index in [1.807, 2.05) is 13.8 Å². The average Bonchev–Trinajstić information content (AvgIpc) is 2.95. The van der Waals surface area contributed by atoms with Crippen molar-refractivity contribution >= 4 is 23.5 Å². The standard InChI is InChI=1S/C15H16ClN3O3/c1-8(2)11-7-12(19-18-11)14(20)17-13(15(21)22)9-3-5-10(16)6-4-9/h3-8,13H,1-2H3,(H,17,20)(H,18,19)(H,21,22). The SMILES string of the molecule is CC(C)c1cc(C(=O)NC(C(=O)O)c2ccc(Cl)cc2)n[nH]1. The Morgan fingerprint density at radius 3 is 2.41 bits per heavy atom. The van der Waals surface area contributed by atoms with Crippen molar-refractivity contribution in [3.63, 3.8) is 0 Å². The molecule has 7 heteroatoms. The van der Waals surface area contributed by atoms with Gasteiger partial charge in [-0.2, -0.15) is 5.10 Å². The van der Waals surface area contributed by atoms with Gasteiger partial charge in [0.25, 0.3) is 5.91 Å². The lowest BCUT2D eigenvalue weighted by Gasteiger charge is -2.14. The van der Waals surface area contributed by atoms with E-state index >= 15 is 0 Å². The maximum absolute atomic E-state index is 12.2. The van der Waals surface area contributed by atoms with E-state index in [0.29, 0.717) is 10.6 Å². The number of carbonyl (C=O) groups excluding carboxylic acids is 1. The summed E-state index contributed by atoms with van der Waals surface area (Å²) in [5.41, 5.74) is 1.40. The molecule has 6 nitrogen and oxygen atoms in total. The number of aromatic amines is 1. The zero-order valence-electron chi connectivity index (χ0n) is 12.1. The van der Waals surface area contributed by atoms with E-state index in [2.05, 4.69) is 15.5 Å². The second kappa shape index (κ2) is 6.62. The molecular formula is C15H16ClN3O3. The molecule has 0 fully saturated rings. The molecule has 1 heterocycles. The van der Waals surface area contributed by atoms with Crippen molar-refractivity contribution in [1.82, 2.24) is 15.5 Å². The van der Waals surface area contributed by atoms with Gasteiger partial charge in [-0.1, -0.05) is 37.6 Å². The molecule has 2 rings (SSSR count). The molecule has 0 saturated heterocycles. The highest BCUT2D eigenvalue weighted by atomic mass is 35.5. The highest BCUT2D eigenvalue weighted by Gasteiger charge is 2.24. The molecule has 116 valence electrons. The van der Waals surface area contributed by atoms with Gasteiger partial charge < -0.3 is 10.4 Å². The Kier molecular flexibility index (Phi) is 4.82. The van der Waals surface area contributed by atoms with E-state index in [9.17, 15) is 14.7 Å². The Labute approximate surface area is 132 Å². The number of rotatable bonds is 5. The number of carboxylic acid groups (broad SMARTS) is 1. The van der Waals surface area contributed by atoms with E-state index < -0.39 is 17.9 Å². The number of benzene rings is 1. The number of halogens is 1. The fourth-order valence-electron chi connectivity index (χ4n) is 1.90. The second-order valence-corrected chi connectivity index (χ2v) is 5.60. The molecule has 0 saturated carbocycles. The first-order valence-corrected chi connectivity index (χ1v) is 7.10. The number of nitrogens with one attached hydrogen (secondary N) is 2. The molecular weight excluding hydrogens is 306 g/mol. The molecule has 1 atom stereocenters. The highest BCUT2D eigenvalue weighted by Crippen LogP contribution is 2.18. The molecule has 0 spiro atoms. The van der Waals surface area contributed by atoms with Crippen molar-refractivity contribution in [2.45, 2.75) is 25.8 Å². The Bertz CT molecular complexity index is 680. The van der Waals surface area contributed by atoms with Crippen molar-refractivity contribution in [3.05, 3.63) is 52.3 Å². The van der Waals surface area contributed by atoms with Crippen LogP contribution in [-0.2, 0) is 4.79 Å². The molecule has 0 aliphatic carbocycles. The summed E-state index contributed by atoms with van der Waals surface area (Å²) in [5, 5.41) is 18.9. The number of nitrogens with zero attached hydrogens (tertiary/aromatic N) is 1. The molecule has 1 unspecified atom stereocenters. The maximum Gasteiger partial charge on any atom is 0.330 e. The monoisotopic (exact) mass is 321 g/mol. The van der Waals surface area contributed by atoms with E-state index in [0.717, 1.165) is 5.69 Å². The molecule has 22 heavy (non-hydrogen) atoms. The largest absolute Gasteiger partial charge is 0.479 e. The minimum Gasteiger partial charge on any atom is -0.479 e. The van der Waals surface area contributed by atoms with Crippen LogP contribution >= 0.6 is 11.6 Å². The van der Waals surface area contributed by atoms with Crippen LogP contribution in [0.3, 0.4) is 0 Å². The van der Waals surface area contributed by atoms with Crippen molar-refractivity contribution < 1.29 is 14.7 Å². The zero-order chi connectivity index (χ0) is 16.3. The number of amides is 1. The third-order valence-corrected chi connectivity index (χ3v) is 3.43. The van der Waals surface area contributed by atoms with Crippen LogP contribution in [0.2, 0.25) is 5.02 Å². The minimum atomic E-state index is -1.16. The van der Waals surface area contributed by atoms with Crippen molar-refractivity contribution in [3.8, 4) is 0 Å². The number of aromatic nitrogens is 2. The Morgan fingerprint density at radius 1 is 1.27 bits per heavy atom. The molecule has 1 aromatic heterocycles. The van der Waals surface area contributed by atoms with Gasteiger partial charge in [0.2, 0.25) is 0 Å². The third kappa shape index (κ3) is 3.65. The molecule has 0 aliphatic heterocycles. The van der Waals surface area contributed by atoms with Crippen LogP contribution in [0.25, 0.3) is 0 Å². The summed E-state index contributed by atoms with van der Waals surface area (Å²) in [4.78, 5) is 23.5. The van der Waals surface area contributed by atoms with Gasteiger partial charge in [-0.3, -0.25) is 9.89 Å². The topological polar surface area (TPSA) is 95.1 Å². The van der Waals surface area contributed by atoms with Gasteiger partial charge >= 0.3 is 5.97 Å². The van der Waals surface area contributed by atoms with E-state index in [1.54, 1.807) is 30.3 Å². The molecule has 3 N–H and O–H groups in total. The molecule has 0 bridgehead atoms. The third-order valence-electron chi connectivity index (χ3n) is 3.18. The van der Waals surface area contributed by atoms with Gasteiger partial charge in [0.05, 0.1) is 0 Å². The van der Waals surface area contributed by atoms with Crippen LogP contribution in [0.4, 0.5) is 0 Å². The van der Waals surface area contributed by atoms with Crippen LogP contribution in [0, 0.1) is 0 Å². The minimum absolute atomic E-state index is 0.156. The van der Waals surface area contributed by atoms with E-state index in [1.165, 1.54) is 0 Å². The zero-order valence-corrected chi connectivity index (χ0v) is 12.9. The van der Waals surface area contributed by atoms with Gasteiger partial charge in [-0.05, 0) is 29.7 Å². The number of hydrogen-bond acceptors (Lipinski definition) is 3. The lowest BCUT2D eigenvalue weighted by atomic mass is 10.1. The number of carbonyl (C=O) groups is 2. The lowest BCUT2D eigenvalue weighted by molar-refractivity contribution is -0.139. The second-order valence-electron chi connectivity index (χ2n) is 5.16. The summed E-state index contributed by atoms with van der Waals surface area (Å²) in [6, 6.07) is 6.72. The first kappa shape index (κ1) is 16.0. The van der Waals surface area contributed by atoms with Gasteiger partial charge in [0.15, 0.2) is 6.04 Å². The molecule has 2 aromatic rings. The summed E-state index contributed by atoms with van der Waals surface area (Å²) in [6.07, 6.45) is 0. The molecule has 0 aliphatic rings. The van der Waals surface area contributed by atoms with Crippen LogP contribution < -0.4 is 5.32 Å². The molecule has 0 radical (unpaired) electrons. The molecule has 1 aromatic carbocycles. The Morgan fingerprint density at radius 2 is 1.91 bits per heavy atom. The number of H-pyrrole nitrogens is 1. The van der Waals surface area contributed by atoms with Crippen LogP contribution in [-0.4, -0.2) is 27.2 Å². The van der Waals surface area contributed by atoms with E-state index in [-0.39, 0.29) is 11.6 Å². The maximum atomic E-state index is 12.2. The van der Waals surface area contributed by atoms with Gasteiger partial charge in [0, 0.05) is 10.7 Å². The van der Waals surface area contributed by atoms with E-state index in [4.69, 9.17) is 11.6 Å². The normalized spacial score (nSPS) is 12.2. The first-order chi connectivity index (χ1) is 10.4. The smallest absolute Gasteiger partial charge is 0.330 e. The lowest BCUT2D eigenvalue weighted by Crippen LogP contribution is -2.33. The van der Waals surface area contributed by atoms with Crippen molar-refractivity contribution in [2.24, 2.45) is 0 Å². The van der Waals surface area contributed by atoms with Gasteiger partial charge in [0.1, 0.15) is 5.69 Å². The van der Waals surface area contributed by atoms with Crippen LogP contribution in [0.1, 0.15) is 47.6 Å². The highest BCUT2D eigenvalue weighted by molar-refractivity contribution is 6.30. The van der Waals surface area contributed by atoms with Crippen LogP contribution in [0.5, 0.6) is 0 Å². The summed E-state index contributed by atoms with van der Waals surface area (Å²) < 4.78 is 0. The summed E-state index contributed by atoms with van der Waals surface area (Å²) in [5.74, 6) is -1.51. The summed E-state index contributed by atoms with van der Waals surface area (Å²) in [7, 11) is 0. The summed E-state index contributed by atoms with van der Waals surface area (Å²) in [6.45, 7) is 3.92. The predicted molar refractivity (Wildman–Crippen MR) is 82.0 cm³/mol. The summed E-state index contributed by atoms with van der Waals surface area (Å²) >= 11 is 5.78. The fourth-order valence-corrected chi connectivity index (χ4v) is 2.02. The number of hydrogen-bond donors (Lipinski definition) is 3. The fraction of sp³-hybridized carbons (Fsp3) is 0.267. The van der Waals surface area contributed by atoms with Crippen molar-refractivity contribution in [2.75, 3.05) is 0 Å². The molecule has 1 amide bonds. The number of aliphatic carboxylic acids is 1.